The second-order valence-electron chi connectivity index (χ2n) is 5.45. The van der Waals surface area contributed by atoms with E-state index in [1.807, 2.05) is 36.4 Å². The molecule has 0 atom stereocenters. The Hall–Kier alpha value is -3.19. The van der Waals surface area contributed by atoms with E-state index in [4.69, 9.17) is 14.6 Å². The minimum Gasteiger partial charge on any atom is -0.593 e. The molecule has 0 aliphatic heterocycles. The number of aromatic nitrogens is 2. The van der Waals surface area contributed by atoms with E-state index in [9.17, 15) is 4.39 Å². The molecule has 1 aromatic heterocycles. The van der Waals surface area contributed by atoms with Crippen LogP contribution < -0.4 is 10.1 Å². The zero-order chi connectivity index (χ0) is 18.2. The summed E-state index contributed by atoms with van der Waals surface area (Å²) in [6, 6.07) is 16.7. The summed E-state index contributed by atoms with van der Waals surface area (Å²) >= 11 is 0. The van der Waals surface area contributed by atoms with Crippen LogP contribution in [-0.4, -0.2) is 21.8 Å². The molecule has 134 valence electrons. The summed E-state index contributed by atoms with van der Waals surface area (Å²) in [7, 11) is 0. The highest BCUT2D eigenvalue weighted by Gasteiger charge is 2.10. The van der Waals surface area contributed by atoms with Crippen LogP contribution in [-0.2, 0) is 18.0 Å². The molecule has 0 fully saturated rings. The van der Waals surface area contributed by atoms with Crippen molar-refractivity contribution in [3.63, 3.8) is 0 Å². The number of para-hydroxylation sites is 1. The van der Waals surface area contributed by atoms with Crippen LogP contribution in [0.5, 0.6) is 11.8 Å². The lowest BCUT2D eigenvalue weighted by Gasteiger charge is -2.09. The van der Waals surface area contributed by atoms with Crippen molar-refractivity contribution in [3.05, 3.63) is 77.7 Å². The second kappa shape index (κ2) is 8.77. The first-order valence-corrected chi connectivity index (χ1v) is 8.03. The van der Waals surface area contributed by atoms with E-state index < -0.39 is 5.82 Å². The molecule has 0 unspecified atom stereocenters. The molecule has 0 saturated heterocycles. The molecule has 0 radical (unpaired) electrons. The van der Waals surface area contributed by atoms with Crippen LogP contribution in [0.25, 0.3) is 0 Å². The molecule has 2 aromatic carbocycles. The van der Waals surface area contributed by atoms with Gasteiger partial charge in [-0.3, -0.25) is 0 Å². The van der Waals surface area contributed by atoms with Gasteiger partial charge in [-0.05, 0) is 11.6 Å². The van der Waals surface area contributed by atoms with Gasteiger partial charge in [0.25, 0.3) is 5.75 Å². The van der Waals surface area contributed by atoms with Gasteiger partial charge in [-0.1, -0.05) is 42.5 Å². The van der Waals surface area contributed by atoms with Gasteiger partial charge in [-0.15, -0.1) is 0 Å². The van der Waals surface area contributed by atoms with Gasteiger partial charge in [0.2, 0.25) is 0 Å². The van der Waals surface area contributed by atoms with E-state index in [0.29, 0.717) is 17.9 Å². The van der Waals surface area contributed by atoms with E-state index in [1.54, 1.807) is 18.2 Å². The van der Waals surface area contributed by atoms with Gasteiger partial charge in [-0.25, -0.2) is 9.37 Å². The van der Waals surface area contributed by atoms with Gasteiger partial charge in [0, 0.05) is 6.07 Å². The molecule has 0 amide bonds. The summed E-state index contributed by atoms with van der Waals surface area (Å²) in [4.78, 5) is 7.81. The first kappa shape index (κ1) is 17.6. The normalized spacial score (nSPS) is 10.5. The fraction of sp³-hybridized carbons (Fsp3) is 0.158. The molecule has 1 heterocycles. The number of nitrogens with one attached hydrogen (secondary N) is 1. The SMILES string of the molecule is [OH2+]c1ccccc1COc1ncc(F)c(NCOCc2ccccc2)n1. The average Bonchev–Trinajstić information content (AvgIpc) is 2.67. The second-order valence-corrected chi connectivity index (χ2v) is 5.45. The molecule has 0 bridgehead atoms. The number of halogens is 1. The van der Waals surface area contributed by atoms with E-state index in [-0.39, 0.29) is 25.2 Å². The van der Waals surface area contributed by atoms with Crippen molar-refractivity contribution in [1.82, 2.24) is 9.97 Å². The molecular weight excluding hydrogens is 337 g/mol. The molecule has 6 nitrogen and oxygen atoms in total. The summed E-state index contributed by atoms with van der Waals surface area (Å²) in [5.74, 6) is -0.231. The monoisotopic (exact) mass is 356 g/mol. The maximum Gasteiger partial charge on any atom is 0.318 e. The summed E-state index contributed by atoms with van der Waals surface area (Å²) in [6.07, 6.45) is 1.04. The Balaban J connectivity index is 1.53. The van der Waals surface area contributed by atoms with Crippen LogP contribution >= 0.6 is 0 Å². The molecule has 3 aromatic rings. The molecule has 0 saturated carbocycles. The first-order chi connectivity index (χ1) is 12.7. The minimum atomic E-state index is -0.596. The van der Waals surface area contributed by atoms with Crippen molar-refractivity contribution in [2.24, 2.45) is 0 Å². The van der Waals surface area contributed by atoms with E-state index in [2.05, 4.69) is 15.3 Å². The lowest BCUT2D eigenvalue weighted by atomic mass is 10.2. The lowest BCUT2D eigenvalue weighted by Crippen LogP contribution is -2.10. The molecule has 7 heteroatoms. The summed E-state index contributed by atoms with van der Waals surface area (Å²) in [6.45, 7) is 0.636. The van der Waals surface area contributed by atoms with Crippen LogP contribution in [0.15, 0.2) is 60.8 Å². The van der Waals surface area contributed by atoms with Crippen LogP contribution in [0.2, 0.25) is 0 Å². The predicted molar refractivity (Wildman–Crippen MR) is 95.5 cm³/mol. The molecule has 0 aliphatic carbocycles. The number of benzene rings is 2. The Kier molecular flexibility index (Phi) is 5.95. The van der Waals surface area contributed by atoms with Crippen LogP contribution in [0.1, 0.15) is 11.1 Å². The fourth-order valence-electron chi connectivity index (χ4n) is 2.20. The van der Waals surface area contributed by atoms with Gasteiger partial charge in [0.15, 0.2) is 11.6 Å². The summed E-state index contributed by atoms with van der Waals surface area (Å²) in [5.41, 5.74) is 1.72. The molecule has 0 spiro atoms. The Bertz CT molecular complexity index is 846. The van der Waals surface area contributed by atoms with Gasteiger partial charge in [0.05, 0.1) is 18.4 Å². The number of hydrogen-bond donors (Lipinski definition) is 1. The zero-order valence-electron chi connectivity index (χ0n) is 14.0. The number of anilines is 1. The maximum atomic E-state index is 13.8. The van der Waals surface area contributed by atoms with Crippen LogP contribution in [0, 0.1) is 5.82 Å². The first-order valence-electron chi connectivity index (χ1n) is 8.03. The van der Waals surface area contributed by atoms with Gasteiger partial charge < -0.3 is 19.9 Å². The molecule has 3 N–H and O–H groups in total. The number of rotatable bonds is 8. The van der Waals surface area contributed by atoms with E-state index in [0.717, 1.165) is 11.8 Å². The van der Waals surface area contributed by atoms with Crippen molar-refractivity contribution < 1.29 is 19.0 Å². The molecule has 0 aliphatic rings. The number of hydrogen-bond acceptors (Lipinski definition) is 5. The van der Waals surface area contributed by atoms with E-state index in [1.165, 1.54) is 0 Å². The minimum absolute atomic E-state index is 0.00206. The van der Waals surface area contributed by atoms with E-state index >= 15 is 0 Å². The highest BCUT2D eigenvalue weighted by atomic mass is 19.1. The highest BCUT2D eigenvalue weighted by Crippen LogP contribution is 2.18. The topological polar surface area (TPSA) is 79.2 Å². The van der Waals surface area contributed by atoms with Crippen molar-refractivity contribution in [2.45, 2.75) is 13.2 Å². The fourth-order valence-corrected chi connectivity index (χ4v) is 2.20. The third kappa shape index (κ3) is 4.90. The predicted octanol–water partition coefficient (Wildman–Crippen LogP) is 3.22. The van der Waals surface area contributed by atoms with Gasteiger partial charge in [0.1, 0.15) is 13.3 Å². The Morgan fingerprint density at radius 3 is 2.58 bits per heavy atom. The highest BCUT2D eigenvalue weighted by molar-refractivity contribution is 5.36. The van der Waals surface area contributed by atoms with Crippen molar-refractivity contribution in [1.29, 1.82) is 0 Å². The zero-order valence-corrected chi connectivity index (χ0v) is 14.0. The lowest BCUT2D eigenvalue weighted by molar-refractivity contribution is 0.138. The summed E-state index contributed by atoms with van der Waals surface area (Å²) < 4.78 is 24.7. The molecule has 3 rings (SSSR count). The summed E-state index contributed by atoms with van der Waals surface area (Å²) in [5, 5.41) is 10.6. The Morgan fingerprint density at radius 1 is 1.00 bits per heavy atom. The van der Waals surface area contributed by atoms with Gasteiger partial charge >= 0.3 is 6.01 Å². The van der Waals surface area contributed by atoms with Crippen LogP contribution in [0.4, 0.5) is 10.2 Å². The van der Waals surface area contributed by atoms with Crippen molar-refractivity contribution in [3.8, 4) is 11.8 Å². The van der Waals surface area contributed by atoms with Gasteiger partial charge in [-0.2, -0.15) is 4.98 Å². The average molecular weight is 356 g/mol. The largest absolute Gasteiger partial charge is 0.593 e. The Morgan fingerprint density at radius 2 is 1.77 bits per heavy atom. The quantitative estimate of drug-likeness (QED) is 0.381. The smallest absolute Gasteiger partial charge is 0.318 e. The standard InChI is InChI=1S/C19H18FN3O3/c20-16-10-21-19(26-12-15-8-4-5-9-17(15)24)23-18(16)22-13-25-11-14-6-2-1-3-7-14/h1-10,24H,11-13H2,(H,21,22,23)/p+1. The molecule has 26 heavy (non-hydrogen) atoms. The number of ether oxygens (including phenoxy) is 2. The molecular formula is C19H19FN3O3+. The number of nitrogens with zero attached hydrogens (tertiary/aromatic N) is 2. The third-order valence-corrected chi connectivity index (χ3v) is 3.55. The van der Waals surface area contributed by atoms with Crippen molar-refractivity contribution >= 4 is 5.82 Å². The van der Waals surface area contributed by atoms with Crippen molar-refractivity contribution in [2.75, 3.05) is 12.0 Å². The Labute approximate surface area is 150 Å². The van der Waals surface area contributed by atoms with Crippen LogP contribution in [0.3, 0.4) is 0 Å². The third-order valence-electron chi connectivity index (χ3n) is 3.55. The maximum absolute atomic E-state index is 13.8.